The SMILES string of the molecule is CCN1CCCC1.CS. The lowest BCUT2D eigenvalue weighted by molar-refractivity contribution is 0.359. The third kappa shape index (κ3) is 3.82. The largest absolute Gasteiger partial charge is 0.304 e. The molecule has 1 aliphatic heterocycles. The molecule has 0 aromatic heterocycles. The van der Waals surface area contributed by atoms with E-state index in [0.29, 0.717) is 0 Å². The summed E-state index contributed by atoms with van der Waals surface area (Å²) in [5, 5.41) is 0. The molecule has 0 unspecified atom stereocenters. The van der Waals surface area contributed by atoms with Crippen LogP contribution in [-0.4, -0.2) is 30.8 Å². The highest BCUT2D eigenvalue weighted by Gasteiger charge is 2.06. The molecule has 0 saturated carbocycles. The van der Waals surface area contributed by atoms with Crippen LogP contribution in [0.5, 0.6) is 0 Å². The van der Waals surface area contributed by atoms with E-state index in [0.717, 1.165) is 0 Å². The second kappa shape index (κ2) is 6.43. The van der Waals surface area contributed by atoms with Crippen molar-refractivity contribution in [2.75, 3.05) is 25.9 Å². The van der Waals surface area contributed by atoms with Crippen LogP contribution in [0.15, 0.2) is 0 Å². The van der Waals surface area contributed by atoms with Crippen LogP contribution >= 0.6 is 12.6 Å². The van der Waals surface area contributed by atoms with Gasteiger partial charge in [0, 0.05) is 0 Å². The third-order valence-corrected chi connectivity index (χ3v) is 1.65. The quantitative estimate of drug-likeness (QED) is 0.552. The molecule has 0 radical (unpaired) electrons. The van der Waals surface area contributed by atoms with Gasteiger partial charge in [-0.15, -0.1) is 0 Å². The van der Waals surface area contributed by atoms with Gasteiger partial charge in [-0.2, -0.15) is 12.6 Å². The Morgan fingerprint density at radius 3 is 1.89 bits per heavy atom. The van der Waals surface area contributed by atoms with Gasteiger partial charge in [0.25, 0.3) is 0 Å². The van der Waals surface area contributed by atoms with E-state index in [-0.39, 0.29) is 0 Å². The molecule has 0 amide bonds. The first-order valence-electron chi connectivity index (χ1n) is 3.60. The van der Waals surface area contributed by atoms with Crippen molar-refractivity contribution in [2.45, 2.75) is 19.8 Å². The average Bonchev–Trinajstić information content (AvgIpc) is 2.43. The summed E-state index contributed by atoms with van der Waals surface area (Å²) < 4.78 is 0. The molecule has 0 bridgehead atoms. The Labute approximate surface area is 63.8 Å². The Bertz CT molecular complexity index is 50.9. The minimum absolute atomic E-state index is 1.25. The lowest BCUT2D eigenvalue weighted by Crippen LogP contribution is -2.17. The molecular weight excluding hydrogens is 130 g/mol. The van der Waals surface area contributed by atoms with Crippen LogP contribution in [0, 0.1) is 0 Å². The van der Waals surface area contributed by atoms with Crippen LogP contribution in [0.25, 0.3) is 0 Å². The van der Waals surface area contributed by atoms with Crippen molar-refractivity contribution in [3.63, 3.8) is 0 Å². The van der Waals surface area contributed by atoms with Gasteiger partial charge in [-0.05, 0) is 38.7 Å². The van der Waals surface area contributed by atoms with E-state index >= 15 is 0 Å². The van der Waals surface area contributed by atoms with Crippen molar-refractivity contribution in [2.24, 2.45) is 0 Å². The fourth-order valence-corrected chi connectivity index (χ4v) is 1.10. The van der Waals surface area contributed by atoms with Crippen LogP contribution in [-0.2, 0) is 0 Å². The number of hydrogen-bond donors (Lipinski definition) is 1. The third-order valence-electron chi connectivity index (χ3n) is 1.65. The monoisotopic (exact) mass is 147 g/mol. The Morgan fingerprint density at radius 1 is 1.22 bits per heavy atom. The highest BCUT2D eigenvalue weighted by Crippen LogP contribution is 2.04. The zero-order valence-electron chi connectivity index (χ0n) is 6.43. The zero-order valence-corrected chi connectivity index (χ0v) is 7.32. The zero-order chi connectivity index (χ0) is 7.11. The topological polar surface area (TPSA) is 3.24 Å². The minimum atomic E-state index is 1.25. The van der Waals surface area contributed by atoms with Gasteiger partial charge in [0.2, 0.25) is 0 Å². The number of nitrogens with zero attached hydrogens (tertiary/aromatic N) is 1. The average molecular weight is 147 g/mol. The summed E-state index contributed by atoms with van der Waals surface area (Å²) in [5.74, 6) is 0. The second-order valence-corrected chi connectivity index (χ2v) is 2.14. The molecule has 1 saturated heterocycles. The highest BCUT2D eigenvalue weighted by molar-refractivity contribution is 7.79. The maximum absolute atomic E-state index is 3.53. The van der Waals surface area contributed by atoms with Crippen molar-refractivity contribution in [1.29, 1.82) is 0 Å². The van der Waals surface area contributed by atoms with E-state index in [1.165, 1.54) is 32.5 Å². The standard InChI is InChI=1S/C6H13N.CH4S/c1-2-7-5-3-4-6-7;1-2/h2-6H2,1H3;2H,1H3. The maximum atomic E-state index is 3.53. The number of rotatable bonds is 1. The van der Waals surface area contributed by atoms with Gasteiger partial charge in [-0.3, -0.25) is 0 Å². The van der Waals surface area contributed by atoms with Gasteiger partial charge in [-0.1, -0.05) is 6.92 Å². The predicted octanol–water partition coefficient (Wildman–Crippen LogP) is 1.65. The molecule has 1 rings (SSSR count). The second-order valence-electron chi connectivity index (χ2n) is 2.14. The fourth-order valence-electron chi connectivity index (χ4n) is 1.10. The Morgan fingerprint density at radius 2 is 1.67 bits per heavy atom. The van der Waals surface area contributed by atoms with Crippen molar-refractivity contribution < 1.29 is 0 Å². The van der Waals surface area contributed by atoms with Crippen LogP contribution in [0.4, 0.5) is 0 Å². The van der Waals surface area contributed by atoms with Crippen LogP contribution < -0.4 is 0 Å². The molecule has 0 aliphatic carbocycles. The summed E-state index contributed by atoms with van der Waals surface area (Å²) in [6, 6.07) is 0. The molecule has 0 N–H and O–H groups in total. The summed E-state index contributed by atoms with van der Waals surface area (Å²) in [4.78, 5) is 2.49. The normalized spacial score (nSPS) is 19.0. The molecule has 0 spiro atoms. The molecule has 1 heterocycles. The van der Waals surface area contributed by atoms with E-state index in [9.17, 15) is 0 Å². The molecule has 9 heavy (non-hydrogen) atoms. The molecular formula is C7H17NS. The van der Waals surface area contributed by atoms with Crippen LogP contribution in [0.2, 0.25) is 0 Å². The van der Waals surface area contributed by atoms with Crippen LogP contribution in [0.1, 0.15) is 19.8 Å². The summed E-state index contributed by atoms with van der Waals surface area (Å²) >= 11 is 3.53. The Hall–Kier alpha value is 0.310. The van der Waals surface area contributed by atoms with Crippen LogP contribution in [0.3, 0.4) is 0 Å². The summed E-state index contributed by atoms with van der Waals surface area (Å²) in [7, 11) is 0. The number of likely N-dealkylation sites (tertiary alicyclic amines) is 1. The summed E-state index contributed by atoms with van der Waals surface area (Å²) in [6.07, 6.45) is 4.54. The molecule has 0 aromatic carbocycles. The predicted molar refractivity (Wildman–Crippen MR) is 46.3 cm³/mol. The Balaban J connectivity index is 0.000000291. The van der Waals surface area contributed by atoms with Crippen molar-refractivity contribution in [1.82, 2.24) is 4.90 Å². The lowest BCUT2D eigenvalue weighted by atomic mass is 10.4. The van der Waals surface area contributed by atoms with E-state index in [1.54, 1.807) is 6.26 Å². The first kappa shape index (κ1) is 9.31. The maximum Gasteiger partial charge on any atom is -0.00184 e. The van der Waals surface area contributed by atoms with Gasteiger partial charge in [0.15, 0.2) is 0 Å². The molecule has 1 nitrogen and oxygen atoms in total. The van der Waals surface area contributed by atoms with Gasteiger partial charge in [0.05, 0.1) is 0 Å². The smallest absolute Gasteiger partial charge is 0.00184 e. The first-order chi connectivity index (χ1) is 4.43. The fraction of sp³-hybridized carbons (Fsp3) is 1.00. The van der Waals surface area contributed by atoms with Gasteiger partial charge >= 0.3 is 0 Å². The molecule has 1 aliphatic rings. The van der Waals surface area contributed by atoms with E-state index in [2.05, 4.69) is 24.5 Å². The van der Waals surface area contributed by atoms with Gasteiger partial charge in [0.1, 0.15) is 0 Å². The van der Waals surface area contributed by atoms with Gasteiger partial charge in [-0.25, -0.2) is 0 Å². The lowest BCUT2D eigenvalue weighted by Gasteiger charge is -2.08. The number of hydrogen-bond acceptors (Lipinski definition) is 2. The van der Waals surface area contributed by atoms with E-state index in [4.69, 9.17) is 0 Å². The highest BCUT2D eigenvalue weighted by atomic mass is 32.1. The molecule has 56 valence electrons. The molecule has 0 aromatic rings. The van der Waals surface area contributed by atoms with Gasteiger partial charge < -0.3 is 4.90 Å². The number of thiol groups is 1. The van der Waals surface area contributed by atoms with E-state index in [1.807, 2.05) is 0 Å². The Kier molecular flexibility index (Phi) is 6.65. The minimum Gasteiger partial charge on any atom is -0.304 e. The first-order valence-corrected chi connectivity index (χ1v) is 4.50. The molecule has 2 heteroatoms. The molecule has 0 atom stereocenters. The van der Waals surface area contributed by atoms with E-state index < -0.39 is 0 Å². The summed E-state index contributed by atoms with van der Waals surface area (Å²) in [6.45, 7) is 6.16. The van der Waals surface area contributed by atoms with Crippen molar-refractivity contribution >= 4 is 12.6 Å². The summed E-state index contributed by atoms with van der Waals surface area (Å²) in [5.41, 5.74) is 0. The molecule has 1 fully saturated rings. The van der Waals surface area contributed by atoms with Crippen molar-refractivity contribution in [3.05, 3.63) is 0 Å². The van der Waals surface area contributed by atoms with Crippen molar-refractivity contribution in [3.8, 4) is 0 Å².